The van der Waals surface area contributed by atoms with Gasteiger partial charge in [-0.15, -0.1) is 0 Å². The molecule has 4 heteroatoms. The zero-order valence-corrected chi connectivity index (χ0v) is 19.5. The number of hydrogen-bond acceptors (Lipinski definition) is 4. The topological polar surface area (TPSA) is 60.4 Å². The van der Waals surface area contributed by atoms with Crippen molar-refractivity contribution < 1.29 is 19.1 Å². The largest absolute Gasteiger partial charge is 0.446 e. The van der Waals surface area contributed by atoms with Crippen LogP contribution in [0.15, 0.2) is 23.8 Å². The van der Waals surface area contributed by atoms with Gasteiger partial charge < -0.3 is 4.74 Å². The highest BCUT2D eigenvalue weighted by Crippen LogP contribution is 2.68. The van der Waals surface area contributed by atoms with Gasteiger partial charge >= 0.3 is 5.97 Å². The van der Waals surface area contributed by atoms with E-state index in [0.29, 0.717) is 36.5 Å². The van der Waals surface area contributed by atoms with Crippen molar-refractivity contribution in [3.05, 3.63) is 23.8 Å². The van der Waals surface area contributed by atoms with Gasteiger partial charge in [-0.2, -0.15) is 0 Å². The molecule has 0 saturated heterocycles. The number of ether oxygens (including phenoxy) is 1. The molecule has 4 aliphatic carbocycles. The van der Waals surface area contributed by atoms with Gasteiger partial charge in [0.1, 0.15) is 0 Å². The number of ketones is 2. The van der Waals surface area contributed by atoms with E-state index in [1.54, 1.807) is 6.92 Å². The van der Waals surface area contributed by atoms with Crippen LogP contribution in [0.1, 0.15) is 91.4 Å². The Labute approximate surface area is 186 Å². The average molecular weight is 427 g/mol. The highest BCUT2D eigenvalue weighted by Gasteiger charge is 2.69. The molecule has 0 heterocycles. The molecule has 31 heavy (non-hydrogen) atoms. The maximum Gasteiger partial charge on any atom is 0.307 e. The molecule has 3 saturated carbocycles. The first-order valence-electron chi connectivity index (χ1n) is 12.4. The maximum atomic E-state index is 13.2. The predicted molar refractivity (Wildman–Crippen MR) is 120 cm³/mol. The second-order valence-corrected chi connectivity index (χ2v) is 10.5. The van der Waals surface area contributed by atoms with Crippen LogP contribution in [-0.2, 0) is 19.1 Å². The molecule has 0 aromatic rings. The molecular formula is C27H38O4. The van der Waals surface area contributed by atoms with Crippen LogP contribution in [0.4, 0.5) is 0 Å². The van der Waals surface area contributed by atoms with E-state index in [0.717, 1.165) is 63.4 Å². The summed E-state index contributed by atoms with van der Waals surface area (Å²) >= 11 is 0. The number of carbonyl (C=O) groups is 3. The van der Waals surface area contributed by atoms with Crippen molar-refractivity contribution in [3.63, 3.8) is 0 Å². The minimum Gasteiger partial charge on any atom is -0.446 e. The fourth-order valence-electron chi connectivity index (χ4n) is 8.02. The van der Waals surface area contributed by atoms with Crippen LogP contribution in [-0.4, -0.2) is 23.1 Å². The summed E-state index contributed by atoms with van der Waals surface area (Å²) in [7, 11) is 0. The van der Waals surface area contributed by atoms with Gasteiger partial charge in [-0.25, -0.2) is 0 Å². The number of fused-ring (bicyclic) bond motifs is 5. The highest BCUT2D eigenvalue weighted by molar-refractivity contribution is 5.93. The first-order valence-corrected chi connectivity index (χ1v) is 12.4. The minimum atomic E-state index is -1.17. The summed E-state index contributed by atoms with van der Waals surface area (Å²) in [6.07, 6.45) is 11.2. The van der Waals surface area contributed by atoms with Crippen molar-refractivity contribution in [2.24, 2.45) is 29.1 Å². The van der Waals surface area contributed by atoms with Crippen molar-refractivity contribution in [3.8, 4) is 0 Å². The second kappa shape index (κ2) is 8.33. The third kappa shape index (κ3) is 3.27. The van der Waals surface area contributed by atoms with Gasteiger partial charge in [-0.1, -0.05) is 32.4 Å². The number of rotatable bonds is 6. The lowest BCUT2D eigenvalue weighted by Crippen LogP contribution is -2.59. The molecule has 0 amide bonds. The molecule has 0 aromatic heterocycles. The average Bonchev–Trinajstić information content (AvgIpc) is 3.01. The first kappa shape index (κ1) is 22.5. The van der Waals surface area contributed by atoms with Crippen LogP contribution >= 0.6 is 0 Å². The van der Waals surface area contributed by atoms with E-state index in [-0.39, 0.29) is 23.0 Å². The maximum absolute atomic E-state index is 13.2. The second-order valence-electron chi connectivity index (χ2n) is 10.5. The molecule has 4 rings (SSSR count). The van der Waals surface area contributed by atoms with Crippen molar-refractivity contribution in [1.82, 2.24) is 0 Å². The van der Waals surface area contributed by atoms with Gasteiger partial charge in [-0.05, 0) is 93.6 Å². The number of unbranched alkanes of at least 4 members (excludes halogenated alkanes) is 1. The summed E-state index contributed by atoms with van der Waals surface area (Å²) in [6, 6.07) is 0. The Hall–Kier alpha value is -1.71. The van der Waals surface area contributed by atoms with E-state index in [1.165, 1.54) is 5.57 Å². The third-order valence-electron chi connectivity index (χ3n) is 9.30. The van der Waals surface area contributed by atoms with Gasteiger partial charge in [-0.3, -0.25) is 14.4 Å². The smallest absolute Gasteiger partial charge is 0.307 e. The lowest BCUT2D eigenvalue weighted by Gasteiger charge is -2.56. The fraction of sp³-hybridized carbons (Fsp3) is 0.741. The number of hydrogen-bond donors (Lipinski definition) is 0. The number of carbonyl (C=O) groups excluding carboxylic acids is 3. The summed E-state index contributed by atoms with van der Waals surface area (Å²) in [5.74, 6) is 1.90. The van der Waals surface area contributed by atoms with E-state index >= 15 is 0 Å². The van der Waals surface area contributed by atoms with Gasteiger partial charge in [0.05, 0.1) is 0 Å². The molecule has 0 radical (unpaired) electrons. The minimum absolute atomic E-state index is 0.0511. The Balaban J connectivity index is 1.69. The standard InChI is InChI=1S/C27H38O4/c1-5-7-8-25(30)31-27(18(4)28)17(3)15-24-23-11-9-19-16-20(29)10-12-21(19)22(23)13-14-26(24,27)6-2/h16,21-24H,3,5-15H2,1-2,4H3/t21-,22+,23+,24-,26-,27-/m0/s1. The zero-order chi connectivity index (χ0) is 22.4. The number of Topliss-reactive ketones (excluding diaryl/α,β-unsaturated/α-hetero) is 1. The number of esters is 1. The lowest BCUT2D eigenvalue weighted by atomic mass is 9.49. The molecule has 0 N–H and O–H groups in total. The van der Waals surface area contributed by atoms with E-state index in [2.05, 4.69) is 20.4 Å². The summed E-state index contributed by atoms with van der Waals surface area (Å²) in [5.41, 5.74) is 0.672. The van der Waals surface area contributed by atoms with Crippen LogP contribution in [0.2, 0.25) is 0 Å². The molecule has 0 spiro atoms. The monoisotopic (exact) mass is 426 g/mol. The Morgan fingerprint density at radius 1 is 1.16 bits per heavy atom. The van der Waals surface area contributed by atoms with Crippen LogP contribution in [0.5, 0.6) is 0 Å². The van der Waals surface area contributed by atoms with E-state index < -0.39 is 5.60 Å². The quantitative estimate of drug-likeness (QED) is 0.401. The van der Waals surface area contributed by atoms with E-state index in [9.17, 15) is 14.4 Å². The van der Waals surface area contributed by atoms with E-state index in [4.69, 9.17) is 4.74 Å². The summed E-state index contributed by atoms with van der Waals surface area (Å²) < 4.78 is 6.19. The summed E-state index contributed by atoms with van der Waals surface area (Å²) in [6.45, 7) is 10.2. The fourth-order valence-corrected chi connectivity index (χ4v) is 8.02. The van der Waals surface area contributed by atoms with Crippen LogP contribution in [0.3, 0.4) is 0 Å². The molecular weight excluding hydrogens is 388 g/mol. The molecule has 6 atom stereocenters. The first-order chi connectivity index (χ1) is 14.8. The Morgan fingerprint density at radius 2 is 1.94 bits per heavy atom. The summed E-state index contributed by atoms with van der Waals surface area (Å²) in [4.78, 5) is 38.0. The zero-order valence-electron chi connectivity index (χ0n) is 19.5. The van der Waals surface area contributed by atoms with Gasteiger partial charge in [0.15, 0.2) is 17.2 Å². The molecule has 0 aliphatic heterocycles. The molecule has 3 fully saturated rings. The number of allylic oxidation sites excluding steroid dienone is 1. The van der Waals surface area contributed by atoms with Gasteiger partial charge in [0, 0.05) is 18.3 Å². The van der Waals surface area contributed by atoms with Gasteiger partial charge in [0.2, 0.25) is 0 Å². The molecule has 0 aromatic carbocycles. The summed E-state index contributed by atoms with van der Waals surface area (Å²) in [5, 5.41) is 0. The van der Waals surface area contributed by atoms with Crippen molar-refractivity contribution in [2.75, 3.05) is 0 Å². The van der Waals surface area contributed by atoms with Crippen LogP contribution in [0, 0.1) is 29.1 Å². The molecule has 4 aliphatic rings. The van der Waals surface area contributed by atoms with Crippen molar-refractivity contribution >= 4 is 17.5 Å². The van der Waals surface area contributed by atoms with Crippen molar-refractivity contribution in [1.29, 1.82) is 0 Å². The molecule has 0 unspecified atom stereocenters. The van der Waals surface area contributed by atoms with Gasteiger partial charge in [0.25, 0.3) is 0 Å². The van der Waals surface area contributed by atoms with Crippen molar-refractivity contribution in [2.45, 2.75) is 97.0 Å². The highest BCUT2D eigenvalue weighted by atomic mass is 16.6. The molecule has 0 bridgehead atoms. The Kier molecular flexibility index (Phi) is 6.04. The molecule has 4 nitrogen and oxygen atoms in total. The normalized spacial score (nSPS) is 39.3. The van der Waals surface area contributed by atoms with E-state index in [1.807, 2.05) is 6.08 Å². The third-order valence-corrected chi connectivity index (χ3v) is 9.30. The Bertz CT molecular complexity index is 823. The predicted octanol–water partition coefficient (Wildman–Crippen LogP) is 5.75. The van der Waals surface area contributed by atoms with Crippen LogP contribution < -0.4 is 0 Å². The SMILES string of the molecule is C=C1C[C@H]2[C@@H]3CCC4=CC(=O)CC[C@@H]4[C@H]3CC[C@]2(CC)[C@@]1(OC(=O)CCCC)C(C)=O. The molecule has 170 valence electrons. The lowest BCUT2D eigenvalue weighted by molar-refractivity contribution is -0.185. The van der Waals surface area contributed by atoms with Crippen LogP contribution in [0.25, 0.3) is 0 Å². The Morgan fingerprint density at radius 3 is 2.61 bits per heavy atom.